The number of sulfonamides is 1. The van der Waals surface area contributed by atoms with Crippen LogP contribution in [-0.4, -0.2) is 44.7 Å². The minimum absolute atomic E-state index is 0.0168. The summed E-state index contributed by atoms with van der Waals surface area (Å²) in [4.78, 5) is 0. The summed E-state index contributed by atoms with van der Waals surface area (Å²) < 4.78 is 25.9. The maximum Gasteiger partial charge on any atom is 0.217 e. The van der Waals surface area contributed by atoms with Crippen LogP contribution in [0.5, 0.6) is 0 Å². The van der Waals surface area contributed by atoms with Crippen molar-refractivity contribution in [1.29, 1.82) is 0 Å². The van der Waals surface area contributed by atoms with E-state index in [1.165, 1.54) is 4.31 Å². The summed E-state index contributed by atoms with van der Waals surface area (Å²) in [5.74, 6) is 0. The van der Waals surface area contributed by atoms with E-state index in [1.807, 2.05) is 27.7 Å². The van der Waals surface area contributed by atoms with Crippen LogP contribution in [0, 0.1) is 5.41 Å². The molecule has 0 bridgehead atoms. The Hall–Kier alpha value is -0.130. The molecule has 0 radical (unpaired) electrons. The Morgan fingerprint density at radius 3 is 2.00 bits per heavy atom. The van der Waals surface area contributed by atoms with Gasteiger partial charge in [0.1, 0.15) is 0 Å². The highest BCUT2D eigenvalue weighted by Gasteiger charge is 2.34. The fourth-order valence-corrected chi connectivity index (χ4v) is 3.14. The molecule has 0 heterocycles. The monoisotopic (exact) mass is 250 g/mol. The second-order valence-electron chi connectivity index (χ2n) is 5.47. The summed E-state index contributed by atoms with van der Waals surface area (Å²) in [5.41, 5.74) is -0.0544. The zero-order chi connectivity index (χ0) is 13.1. The lowest BCUT2D eigenvalue weighted by Gasteiger charge is -2.36. The molecule has 0 amide bonds. The number of hydrogen-bond donors (Lipinski definition) is 1. The van der Waals surface area contributed by atoms with Gasteiger partial charge in [0.05, 0.1) is 5.25 Å². The maximum absolute atomic E-state index is 12.2. The standard InChI is InChI=1S/C11H26N2O2S/c1-9(8-12-6)16(14,15)13(7)10(2)11(3,4)5/h9-10,12H,8H2,1-7H3. The normalized spacial score (nSPS) is 17.5. The molecule has 5 heteroatoms. The molecule has 0 fully saturated rings. The summed E-state index contributed by atoms with van der Waals surface area (Å²) in [6.07, 6.45) is 0. The van der Waals surface area contributed by atoms with Gasteiger partial charge in [-0.15, -0.1) is 0 Å². The lowest BCUT2D eigenvalue weighted by Crippen LogP contribution is -2.47. The Morgan fingerprint density at radius 1 is 1.25 bits per heavy atom. The summed E-state index contributed by atoms with van der Waals surface area (Å²) >= 11 is 0. The molecule has 0 spiro atoms. The van der Waals surface area contributed by atoms with Crippen LogP contribution < -0.4 is 5.32 Å². The van der Waals surface area contributed by atoms with E-state index in [2.05, 4.69) is 5.32 Å². The number of nitrogens with zero attached hydrogens (tertiary/aromatic N) is 1. The van der Waals surface area contributed by atoms with E-state index in [-0.39, 0.29) is 11.5 Å². The molecular formula is C11H26N2O2S. The van der Waals surface area contributed by atoms with Crippen molar-refractivity contribution in [2.24, 2.45) is 5.41 Å². The van der Waals surface area contributed by atoms with Crippen molar-refractivity contribution in [2.45, 2.75) is 45.9 Å². The Balaban J connectivity index is 4.91. The Labute approximate surface area is 100 Å². The largest absolute Gasteiger partial charge is 0.318 e. The van der Waals surface area contributed by atoms with Crippen LogP contribution in [0.2, 0.25) is 0 Å². The molecular weight excluding hydrogens is 224 g/mol. The number of nitrogens with one attached hydrogen (secondary N) is 1. The van der Waals surface area contributed by atoms with E-state index in [1.54, 1.807) is 21.0 Å². The Kier molecular flexibility index (Phi) is 5.42. The first-order valence-electron chi connectivity index (χ1n) is 5.66. The van der Waals surface area contributed by atoms with Crippen molar-refractivity contribution in [3.05, 3.63) is 0 Å². The number of hydrogen-bond acceptors (Lipinski definition) is 3. The Morgan fingerprint density at radius 2 is 1.69 bits per heavy atom. The Bertz CT molecular complexity index is 306. The topological polar surface area (TPSA) is 49.4 Å². The molecule has 0 rings (SSSR count). The molecule has 0 aliphatic rings. The van der Waals surface area contributed by atoms with E-state index in [0.29, 0.717) is 6.54 Å². The molecule has 1 N–H and O–H groups in total. The molecule has 0 aromatic rings. The molecule has 2 atom stereocenters. The summed E-state index contributed by atoms with van der Waals surface area (Å²) in [5, 5.41) is 2.50. The number of rotatable bonds is 5. The van der Waals surface area contributed by atoms with E-state index < -0.39 is 15.3 Å². The molecule has 98 valence electrons. The van der Waals surface area contributed by atoms with E-state index in [4.69, 9.17) is 0 Å². The predicted molar refractivity (Wildman–Crippen MR) is 69.0 cm³/mol. The quantitative estimate of drug-likeness (QED) is 0.800. The van der Waals surface area contributed by atoms with Crippen LogP contribution in [0.15, 0.2) is 0 Å². The predicted octanol–water partition coefficient (Wildman–Crippen LogP) is 1.29. The average Bonchev–Trinajstić information content (AvgIpc) is 2.14. The first-order chi connectivity index (χ1) is 7.05. The zero-order valence-corrected chi connectivity index (χ0v) is 12.4. The fraction of sp³-hybridized carbons (Fsp3) is 1.00. The van der Waals surface area contributed by atoms with Gasteiger partial charge >= 0.3 is 0 Å². The van der Waals surface area contributed by atoms with Gasteiger partial charge in [-0.2, -0.15) is 0 Å². The van der Waals surface area contributed by atoms with Gasteiger partial charge in [0.15, 0.2) is 0 Å². The molecule has 0 aliphatic carbocycles. The van der Waals surface area contributed by atoms with Gasteiger partial charge in [-0.05, 0) is 26.3 Å². The lowest BCUT2D eigenvalue weighted by molar-refractivity contribution is 0.215. The first-order valence-corrected chi connectivity index (χ1v) is 7.17. The van der Waals surface area contributed by atoms with Crippen LogP contribution in [0.3, 0.4) is 0 Å². The highest BCUT2D eigenvalue weighted by Crippen LogP contribution is 2.25. The van der Waals surface area contributed by atoms with Crippen molar-refractivity contribution < 1.29 is 8.42 Å². The summed E-state index contributed by atoms with van der Waals surface area (Å²) in [6, 6.07) is -0.0168. The van der Waals surface area contributed by atoms with Gasteiger partial charge in [0, 0.05) is 19.6 Å². The fourth-order valence-electron chi connectivity index (χ4n) is 1.44. The van der Waals surface area contributed by atoms with Crippen molar-refractivity contribution in [1.82, 2.24) is 9.62 Å². The SMILES string of the molecule is CNCC(C)S(=O)(=O)N(C)C(C)C(C)(C)C. The van der Waals surface area contributed by atoms with Crippen LogP contribution in [0.1, 0.15) is 34.6 Å². The molecule has 0 aliphatic heterocycles. The van der Waals surface area contributed by atoms with Gasteiger partial charge in [-0.25, -0.2) is 12.7 Å². The first kappa shape index (κ1) is 15.9. The van der Waals surface area contributed by atoms with Gasteiger partial charge in [0.2, 0.25) is 10.0 Å². The minimum atomic E-state index is -3.21. The van der Waals surface area contributed by atoms with Gasteiger partial charge in [-0.3, -0.25) is 0 Å². The van der Waals surface area contributed by atoms with Crippen LogP contribution in [-0.2, 0) is 10.0 Å². The minimum Gasteiger partial charge on any atom is -0.318 e. The van der Waals surface area contributed by atoms with Crippen molar-refractivity contribution in [2.75, 3.05) is 20.6 Å². The second kappa shape index (κ2) is 5.47. The van der Waals surface area contributed by atoms with E-state index in [9.17, 15) is 8.42 Å². The summed E-state index contributed by atoms with van der Waals surface area (Å²) in [6.45, 7) is 10.3. The highest BCUT2D eigenvalue weighted by atomic mass is 32.2. The van der Waals surface area contributed by atoms with Gasteiger partial charge in [-0.1, -0.05) is 20.8 Å². The van der Waals surface area contributed by atoms with Crippen molar-refractivity contribution >= 4 is 10.0 Å². The molecule has 0 saturated carbocycles. The summed E-state index contributed by atoms with van der Waals surface area (Å²) in [7, 11) is 0.215. The molecule has 0 aromatic heterocycles. The van der Waals surface area contributed by atoms with Crippen molar-refractivity contribution in [3.63, 3.8) is 0 Å². The third kappa shape index (κ3) is 3.71. The lowest BCUT2D eigenvalue weighted by atomic mass is 9.88. The molecule has 4 nitrogen and oxygen atoms in total. The molecule has 2 unspecified atom stereocenters. The molecule has 16 heavy (non-hydrogen) atoms. The average molecular weight is 250 g/mol. The van der Waals surface area contributed by atoms with Crippen molar-refractivity contribution in [3.8, 4) is 0 Å². The van der Waals surface area contributed by atoms with Crippen LogP contribution in [0.25, 0.3) is 0 Å². The van der Waals surface area contributed by atoms with Gasteiger partial charge < -0.3 is 5.32 Å². The van der Waals surface area contributed by atoms with Gasteiger partial charge in [0.25, 0.3) is 0 Å². The maximum atomic E-state index is 12.2. The second-order valence-corrected chi connectivity index (χ2v) is 7.88. The van der Waals surface area contributed by atoms with Crippen LogP contribution >= 0.6 is 0 Å². The van der Waals surface area contributed by atoms with Crippen LogP contribution in [0.4, 0.5) is 0 Å². The molecule has 0 aromatic carbocycles. The third-order valence-corrected chi connectivity index (χ3v) is 5.50. The molecule has 0 saturated heterocycles. The smallest absolute Gasteiger partial charge is 0.217 e. The van der Waals surface area contributed by atoms with E-state index >= 15 is 0 Å². The zero-order valence-electron chi connectivity index (χ0n) is 11.5. The third-order valence-electron chi connectivity index (χ3n) is 3.20. The van der Waals surface area contributed by atoms with E-state index in [0.717, 1.165) is 0 Å². The highest BCUT2D eigenvalue weighted by molar-refractivity contribution is 7.89.